The molecule has 0 heterocycles. The molecule has 0 saturated carbocycles. The van der Waals surface area contributed by atoms with Crippen LogP contribution in [0.5, 0.6) is 0 Å². The van der Waals surface area contributed by atoms with Crippen molar-refractivity contribution < 1.29 is 26.2 Å². The van der Waals surface area contributed by atoms with E-state index in [0.717, 1.165) is 9.52 Å². The molecule has 0 amide bonds. The number of rotatable bonds is 14. The van der Waals surface area contributed by atoms with Crippen LogP contribution in [0.25, 0.3) is 66.1 Å². The number of unbranched alkanes of at least 4 members (excludes halogenated alkanes) is 6. The molecule has 8 aromatic rings. The van der Waals surface area contributed by atoms with Gasteiger partial charge < -0.3 is 0 Å². The molecule has 2 heteroatoms. The first-order valence-electron chi connectivity index (χ1n) is 23.0. The van der Waals surface area contributed by atoms with E-state index in [1.54, 1.807) is 0 Å². The van der Waals surface area contributed by atoms with Gasteiger partial charge in [0.2, 0.25) is 0 Å². The van der Waals surface area contributed by atoms with Crippen LogP contribution in [-0.4, -0.2) is 9.52 Å². The van der Waals surface area contributed by atoms with Crippen molar-refractivity contribution in [2.45, 2.75) is 119 Å². The maximum absolute atomic E-state index is 2.44. The van der Waals surface area contributed by atoms with Crippen LogP contribution in [0.3, 0.4) is 0 Å². The normalized spacial score (nSPS) is 10.8. The van der Waals surface area contributed by atoms with E-state index in [9.17, 15) is 0 Å². The van der Waals surface area contributed by atoms with Gasteiger partial charge in [-0.2, -0.15) is 12.1 Å². The molecule has 0 atom stereocenters. The van der Waals surface area contributed by atoms with Crippen LogP contribution < -0.4 is 0 Å². The van der Waals surface area contributed by atoms with E-state index in [1.807, 2.05) is 0 Å². The van der Waals surface area contributed by atoms with Crippen molar-refractivity contribution in [1.82, 2.24) is 0 Å². The largest absolute Gasteiger partial charge is 2.00 e. The van der Waals surface area contributed by atoms with Crippen molar-refractivity contribution in [3.05, 3.63) is 179 Å². The predicted octanol–water partition coefficient (Wildman–Crippen LogP) is 18.0. The van der Waals surface area contributed by atoms with E-state index in [-0.39, 0.29) is 26.2 Å². The Labute approximate surface area is 396 Å². The molecule has 0 bridgehead atoms. The summed E-state index contributed by atoms with van der Waals surface area (Å²) in [5, 5.41) is 5.55. The summed E-state index contributed by atoms with van der Waals surface area (Å²) in [5.41, 5.74) is 18.8. The fourth-order valence-corrected chi connectivity index (χ4v) is 8.46. The third-order valence-electron chi connectivity index (χ3n) is 12.0. The second-order valence-electron chi connectivity index (χ2n) is 17.3. The van der Waals surface area contributed by atoms with E-state index < -0.39 is 0 Å². The van der Waals surface area contributed by atoms with E-state index in [1.165, 1.54) is 164 Å². The van der Waals surface area contributed by atoms with Crippen LogP contribution in [0, 0.1) is 27.7 Å². The minimum Gasteiger partial charge on any atom is -0.164 e. The van der Waals surface area contributed by atoms with Gasteiger partial charge in [0.15, 0.2) is 0 Å². The molecule has 0 N–H and O–H groups in total. The van der Waals surface area contributed by atoms with Crippen LogP contribution in [0.1, 0.15) is 98.6 Å². The first-order valence-corrected chi connectivity index (χ1v) is 25.0. The van der Waals surface area contributed by atoms with Gasteiger partial charge in [-0.1, -0.05) is 255 Å². The zero-order chi connectivity index (χ0) is 43.1. The summed E-state index contributed by atoms with van der Waals surface area (Å²) in [4.78, 5) is 0. The average molecular weight is 909 g/mol. The van der Waals surface area contributed by atoms with E-state index in [2.05, 4.69) is 200 Å². The van der Waals surface area contributed by atoms with Crippen molar-refractivity contribution in [3.63, 3.8) is 0 Å². The van der Waals surface area contributed by atoms with Gasteiger partial charge in [0.25, 0.3) is 0 Å². The zero-order valence-electron chi connectivity index (χ0n) is 38.9. The minimum atomic E-state index is 0. The first-order chi connectivity index (χ1) is 29.7. The van der Waals surface area contributed by atoms with Crippen LogP contribution in [0.2, 0.25) is 13.1 Å². The fourth-order valence-electron chi connectivity index (χ4n) is 8.46. The van der Waals surface area contributed by atoms with Gasteiger partial charge in [0, 0.05) is 9.52 Å². The number of aryl methyl sites for hydroxylation is 6. The van der Waals surface area contributed by atoms with Crippen LogP contribution in [0.4, 0.5) is 0 Å². The Morgan fingerprint density at radius 2 is 0.645 bits per heavy atom. The molecule has 2 radical (unpaired) electrons. The standard InChI is InChI=1S/2C29H31.C2H6Si.Zr/c2*1-4-5-6-7-8-23-19-28-26(24-13-9-21(2)10-14-24)17-18-27(29(28)20-23)25-15-11-22(3)12-16-25;1-3-2;/h2*9-20H,4-8H2,1-3H3;1-2H3;/q2*-1;;+2. The number of hydrogen-bond donors (Lipinski definition) is 0. The van der Waals surface area contributed by atoms with Gasteiger partial charge in [0.05, 0.1) is 0 Å². The molecule has 0 nitrogen and oxygen atoms in total. The molecule has 0 aliphatic heterocycles. The molecule has 316 valence electrons. The predicted molar refractivity (Wildman–Crippen MR) is 273 cm³/mol. The molecule has 8 rings (SSSR count). The van der Waals surface area contributed by atoms with Gasteiger partial charge in [-0.15, -0.1) is 44.8 Å². The summed E-state index contributed by atoms with van der Waals surface area (Å²) in [6.07, 6.45) is 12.8. The number of benzene rings is 6. The second kappa shape index (κ2) is 24.5. The monoisotopic (exact) mass is 906 g/mol. The van der Waals surface area contributed by atoms with Gasteiger partial charge in [-0.3, -0.25) is 0 Å². The van der Waals surface area contributed by atoms with Crippen molar-refractivity contribution in [1.29, 1.82) is 0 Å². The fraction of sp³-hybridized carbons (Fsp3) is 0.300. The third-order valence-corrected chi connectivity index (χ3v) is 12.0. The Kier molecular flexibility index (Phi) is 19.2. The average Bonchev–Trinajstić information content (AvgIpc) is 3.90. The first kappa shape index (κ1) is 48.7. The minimum absolute atomic E-state index is 0. The molecular formula is C60H68SiZr. The molecular weight excluding hydrogens is 840 g/mol. The number of fused-ring (bicyclic) bond motifs is 2. The Bertz CT molecular complexity index is 2200. The van der Waals surface area contributed by atoms with Crippen molar-refractivity contribution in [2.75, 3.05) is 0 Å². The SMILES string of the molecule is CCCCCCc1cc2c(-c3ccc(C)cc3)ccc(-c3ccc(C)cc3)c2[cH-]1.CCCCCCc1cc2c(-c3ccc(C)cc3)ccc(-c3ccc(C)cc3)c2[cH-]1.C[Si]C.[Zr+2]. The Morgan fingerprint density at radius 1 is 0.371 bits per heavy atom. The zero-order valence-corrected chi connectivity index (χ0v) is 42.4. The maximum atomic E-state index is 2.44. The molecule has 62 heavy (non-hydrogen) atoms. The Hall–Kier alpha value is -4.36. The van der Waals surface area contributed by atoms with Crippen molar-refractivity contribution >= 4 is 31.1 Å². The summed E-state index contributed by atoms with van der Waals surface area (Å²) < 4.78 is 0. The molecule has 0 saturated heterocycles. The smallest absolute Gasteiger partial charge is 0.164 e. The summed E-state index contributed by atoms with van der Waals surface area (Å²) >= 11 is 0. The Morgan fingerprint density at radius 3 is 0.935 bits per heavy atom. The van der Waals surface area contributed by atoms with Gasteiger partial charge in [-0.05, 0) is 51.7 Å². The maximum Gasteiger partial charge on any atom is 2.00 e. The molecule has 0 aliphatic carbocycles. The van der Waals surface area contributed by atoms with Gasteiger partial charge in [0.1, 0.15) is 0 Å². The van der Waals surface area contributed by atoms with E-state index in [4.69, 9.17) is 0 Å². The van der Waals surface area contributed by atoms with Gasteiger partial charge in [-0.25, -0.2) is 0 Å². The second-order valence-corrected chi connectivity index (χ2v) is 18.3. The Balaban J connectivity index is 0.000000217. The molecule has 0 fully saturated rings. The van der Waals surface area contributed by atoms with Crippen LogP contribution in [-0.2, 0) is 39.0 Å². The van der Waals surface area contributed by atoms with Gasteiger partial charge >= 0.3 is 26.2 Å². The molecule has 0 unspecified atom stereocenters. The summed E-state index contributed by atoms with van der Waals surface area (Å²) in [5.74, 6) is 0. The topological polar surface area (TPSA) is 0 Å². The van der Waals surface area contributed by atoms with Crippen molar-refractivity contribution in [3.8, 4) is 44.5 Å². The molecule has 8 aromatic carbocycles. The quantitative estimate of drug-likeness (QED) is 0.0579. The van der Waals surface area contributed by atoms with Crippen LogP contribution >= 0.6 is 0 Å². The molecule has 0 aliphatic rings. The summed E-state index contributed by atoms with van der Waals surface area (Å²) in [6, 6.07) is 54.7. The van der Waals surface area contributed by atoms with E-state index >= 15 is 0 Å². The third kappa shape index (κ3) is 12.9. The molecule has 0 aromatic heterocycles. The summed E-state index contributed by atoms with van der Waals surface area (Å²) in [6.45, 7) is 17.5. The van der Waals surface area contributed by atoms with Crippen LogP contribution in [0.15, 0.2) is 146 Å². The van der Waals surface area contributed by atoms with E-state index in [0.29, 0.717) is 0 Å². The van der Waals surface area contributed by atoms with Crippen molar-refractivity contribution in [2.24, 2.45) is 0 Å². The molecule has 0 spiro atoms. The number of hydrogen-bond acceptors (Lipinski definition) is 0. The summed E-state index contributed by atoms with van der Waals surface area (Å²) in [7, 11) is 1.08.